The van der Waals surface area contributed by atoms with Crippen molar-refractivity contribution in [3.05, 3.63) is 162 Å². The van der Waals surface area contributed by atoms with Gasteiger partial charge in [-0.15, -0.1) is 0 Å². The van der Waals surface area contributed by atoms with Gasteiger partial charge in [0.15, 0.2) is 0 Å². The minimum Gasteiger partial charge on any atom is -0.309 e. The zero-order valence-electron chi connectivity index (χ0n) is 38.1. The van der Waals surface area contributed by atoms with Gasteiger partial charge in [0.25, 0.3) is 0 Å². The van der Waals surface area contributed by atoms with E-state index in [1.807, 2.05) is 0 Å². The summed E-state index contributed by atoms with van der Waals surface area (Å²) in [6, 6.07) is 53.6. The Hall–Kier alpha value is -6.06. The lowest BCUT2D eigenvalue weighted by molar-refractivity contribution is 0.590. The molecule has 0 unspecified atom stereocenters. The Morgan fingerprint density at radius 3 is 0.721 bits per heavy atom. The number of fused-ring (bicyclic) bond motifs is 9. The summed E-state index contributed by atoms with van der Waals surface area (Å²) in [5, 5.41) is 7.68. The van der Waals surface area contributed by atoms with Gasteiger partial charge in [-0.1, -0.05) is 144 Å². The summed E-state index contributed by atoms with van der Waals surface area (Å²) >= 11 is 0. The van der Waals surface area contributed by atoms with E-state index in [1.165, 1.54) is 87.7 Å². The predicted octanol–water partition coefficient (Wildman–Crippen LogP) is 16.2. The van der Waals surface area contributed by atoms with Crippen molar-refractivity contribution in [2.75, 3.05) is 0 Å². The normalized spacial score (nSPS) is 13.2. The van der Waals surface area contributed by atoms with Crippen LogP contribution in [0.3, 0.4) is 0 Å². The predicted molar refractivity (Wildman–Crippen MR) is 264 cm³/mol. The molecule has 3 heteroatoms. The van der Waals surface area contributed by atoms with E-state index >= 15 is 0 Å². The first-order valence-electron chi connectivity index (χ1n) is 22.1. The largest absolute Gasteiger partial charge is 0.309 e. The lowest BCUT2D eigenvalue weighted by atomic mass is 9.85. The lowest BCUT2D eigenvalue weighted by Crippen LogP contribution is -2.10. The van der Waals surface area contributed by atoms with Crippen molar-refractivity contribution in [3.8, 4) is 17.1 Å². The third kappa shape index (κ3) is 6.30. The van der Waals surface area contributed by atoms with Gasteiger partial charge in [-0.25, -0.2) is 0 Å². The third-order valence-corrected chi connectivity index (χ3v) is 13.2. The van der Waals surface area contributed by atoms with Crippen molar-refractivity contribution in [1.29, 1.82) is 0 Å². The molecule has 0 atom stereocenters. The van der Waals surface area contributed by atoms with Crippen LogP contribution in [0.2, 0.25) is 0 Å². The number of benzene rings is 7. The smallest absolute Gasteiger partial charge is 0.0541 e. The molecule has 0 amide bonds. The third-order valence-electron chi connectivity index (χ3n) is 13.2. The monoisotopic (exact) mass is 797 g/mol. The highest BCUT2D eigenvalue weighted by atomic mass is 15.0. The molecule has 10 aromatic rings. The second-order valence-corrected chi connectivity index (χ2v) is 21.7. The van der Waals surface area contributed by atoms with Gasteiger partial charge in [-0.3, -0.25) is 0 Å². The summed E-state index contributed by atoms with van der Waals surface area (Å²) < 4.78 is 7.52. The summed E-state index contributed by atoms with van der Waals surface area (Å²) in [4.78, 5) is 0. The lowest BCUT2D eigenvalue weighted by Gasteiger charge is -2.20. The Balaban J connectivity index is 1.36. The molecule has 3 nitrogen and oxygen atoms in total. The van der Waals surface area contributed by atoms with Gasteiger partial charge in [-0.2, -0.15) is 0 Å². The molecule has 0 fully saturated rings. The first kappa shape index (κ1) is 39.1. The number of aromatic nitrogens is 3. The van der Waals surface area contributed by atoms with Gasteiger partial charge in [0.1, 0.15) is 0 Å². The van der Waals surface area contributed by atoms with Crippen LogP contribution in [-0.4, -0.2) is 13.7 Å². The van der Waals surface area contributed by atoms with Crippen LogP contribution in [-0.2, 0) is 21.7 Å². The topological polar surface area (TPSA) is 14.8 Å². The first-order valence-corrected chi connectivity index (χ1v) is 22.1. The molecule has 3 aromatic heterocycles. The maximum Gasteiger partial charge on any atom is 0.0541 e. The highest BCUT2D eigenvalue weighted by molar-refractivity contribution is 6.12. The summed E-state index contributed by atoms with van der Waals surface area (Å²) in [5.41, 5.74) is 16.1. The second-order valence-electron chi connectivity index (χ2n) is 21.7. The van der Waals surface area contributed by atoms with Crippen LogP contribution in [0.5, 0.6) is 0 Å². The van der Waals surface area contributed by atoms with Crippen molar-refractivity contribution >= 4 is 65.4 Å². The molecule has 306 valence electrons. The Kier molecular flexibility index (Phi) is 8.47. The van der Waals surface area contributed by atoms with Crippen LogP contribution in [0.15, 0.2) is 140 Å². The van der Waals surface area contributed by atoms with Gasteiger partial charge in [0, 0.05) is 32.3 Å². The van der Waals surface area contributed by atoms with Crippen LogP contribution in [0, 0.1) is 0 Å². The van der Waals surface area contributed by atoms with E-state index in [0.717, 1.165) is 17.1 Å². The molecule has 0 saturated carbocycles. The maximum atomic E-state index is 2.52. The van der Waals surface area contributed by atoms with Gasteiger partial charge in [0.2, 0.25) is 0 Å². The fourth-order valence-electron chi connectivity index (χ4n) is 9.64. The van der Waals surface area contributed by atoms with Crippen molar-refractivity contribution in [2.45, 2.75) is 105 Å². The maximum absolute atomic E-state index is 2.52. The second kappa shape index (κ2) is 13.2. The van der Waals surface area contributed by atoms with Crippen molar-refractivity contribution in [3.63, 3.8) is 0 Å². The van der Waals surface area contributed by atoms with Crippen molar-refractivity contribution < 1.29 is 0 Å². The molecule has 10 rings (SSSR count). The number of para-hydroxylation sites is 2. The van der Waals surface area contributed by atoms with Crippen molar-refractivity contribution in [1.82, 2.24) is 13.7 Å². The summed E-state index contributed by atoms with van der Waals surface area (Å²) in [5.74, 6) is 0. The minimum atomic E-state index is 0.0180. The number of hydrogen-bond donors (Lipinski definition) is 0. The van der Waals surface area contributed by atoms with E-state index in [4.69, 9.17) is 0 Å². The van der Waals surface area contributed by atoms with E-state index in [9.17, 15) is 0 Å². The van der Waals surface area contributed by atoms with Crippen LogP contribution in [0.1, 0.15) is 105 Å². The summed E-state index contributed by atoms with van der Waals surface area (Å²) in [7, 11) is 0. The molecule has 0 bridgehead atoms. The zero-order valence-corrected chi connectivity index (χ0v) is 38.1. The van der Waals surface area contributed by atoms with Crippen LogP contribution >= 0.6 is 0 Å². The van der Waals surface area contributed by atoms with Crippen LogP contribution in [0.4, 0.5) is 0 Å². The van der Waals surface area contributed by atoms with E-state index in [0.29, 0.717) is 0 Å². The molecule has 0 spiro atoms. The Bertz CT molecular complexity index is 3020. The molecule has 0 saturated heterocycles. The Morgan fingerprint density at radius 2 is 0.475 bits per heavy atom. The van der Waals surface area contributed by atoms with Gasteiger partial charge in [0.05, 0.1) is 50.2 Å². The molecule has 7 aromatic carbocycles. The fraction of sp³-hybridized carbons (Fsp3) is 0.276. The summed E-state index contributed by atoms with van der Waals surface area (Å²) in [6.07, 6.45) is 0. The number of hydrogen-bond acceptors (Lipinski definition) is 0. The number of nitrogens with zero attached hydrogens (tertiary/aromatic N) is 3. The fourth-order valence-corrected chi connectivity index (χ4v) is 9.64. The van der Waals surface area contributed by atoms with E-state index in [2.05, 4.69) is 236 Å². The number of rotatable bonds is 3. The van der Waals surface area contributed by atoms with Gasteiger partial charge in [-0.05, 0) is 123 Å². The SMILES string of the molecule is CC(C)(C)c1ccc2c(c1)c1cc(C(C)(C)C)ccc1n2-c1cc(-n2c3ccccc3c3ccccc32)cc(-n2c3ccc(C(C)(C)C)cc3c3cc(C(C)(C)C)ccc32)c1. The van der Waals surface area contributed by atoms with Crippen molar-refractivity contribution in [2.24, 2.45) is 0 Å². The molecular weight excluding hydrogens is 739 g/mol. The molecule has 0 aliphatic heterocycles. The highest BCUT2D eigenvalue weighted by Crippen LogP contribution is 2.42. The van der Waals surface area contributed by atoms with E-state index in [-0.39, 0.29) is 21.7 Å². The highest BCUT2D eigenvalue weighted by Gasteiger charge is 2.25. The Labute approximate surface area is 361 Å². The molecule has 0 N–H and O–H groups in total. The molecular formula is C58H59N3. The van der Waals surface area contributed by atoms with Crippen LogP contribution < -0.4 is 0 Å². The first-order chi connectivity index (χ1) is 28.8. The van der Waals surface area contributed by atoms with Gasteiger partial charge >= 0.3 is 0 Å². The minimum absolute atomic E-state index is 0.0180. The average Bonchev–Trinajstić information content (AvgIpc) is 3.84. The van der Waals surface area contributed by atoms with E-state index in [1.54, 1.807) is 0 Å². The molecule has 0 radical (unpaired) electrons. The summed E-state index contributed by atoms with van der Waals surface area (Å²) in [6.45, 7) is 27.8. The Morgan fingerprint density at radius 1 is 0.246 bits per heavy atom. The molecule has 0 aliphatic carbocycles. The van der Waals surface area contributed by atoms with E-state index < -0.39 is 0 Å². The molecule has 3 heterocycles. The molecule has 61 heavy (non-hydrogen) atoms. The quantitative estimate of drug-likeness (QED) is 0.169. The molecule has 0 aliphatic rings. The average molecular weight is 798 g/mol. The zero-order chi connectivity index (χ0) is 43.0. The standard InChI is InChI=1S/C58H59N3/c1-55(2,3)36-21-25-51-45(29-36)46-30-37(56(4,5)6)22-26-52(46)60(51)41-33-40(59-49-19-15-13-17-43(49)44-18-14-16-20-50(44)59)34-42(35-41)61-53-27-23-38(57(7,8)9)31-47(53)48-32-39(58(10,11)12)24-28-54(48)61/h13-35H,1-12H3. The van der Waals surface area contributed by atoms with Crippen LogP contribution in [0.25, 0.3) is 82.5 Å². The van der Waals surface area contributed by atoms with Gasteiger partial charge < -0.3 is 13.7 Å².